The van der Waals surface area contributed by atoms with Crippen LogP contribution >= 0.6 is 11.6 Å². The standard InChI is InChI=1S/C12H15ClN2/c1-15-9-3-4-11(15)10(6-9)8-2-5-12(13)14-7-8/h2,5,7,9-11H,3-4,6H2,1H3/p+1. The normalized spacial score (nSPS) is 38.5. The zero-order valence-corrected chi connectivity index (χ0v) is 9.67. The summed E-state index contributed by atoms with van der Waals surface area (Å²) < 4.78 is 0. The fourth-order valence-corrected chi connectivity index (χ4v) is 3.52. The first-order valence-electron chi connectivity index (χ1n) is 5.70. The molecule has 2 saturated heterocycles. The lowest BCUT2D eigenvalue weighted by Crippen LogP contribution is -3.12. The van der Waals surface area contributed by atoms with Crippen LogP contribution in [0.4, 0.5) is 0 Å². The molecule has 3 rings (SSSR count). The van der Waals surface area contributed by atoms with Crippen LogP contribution in [0.15, 0.2) is 18.3 Å². The molecule has 4 atom stereocenters. The summed E-state index contributed by atoms with van der Waals surface area (Å²) in [5.41, 5.74) is 1.38. The summed E-state index contributed by atoms with van der Waals surface area (Å²) in [5.74, 6) is 0.716. The third kappa shape index (κ3) is 1.47. The van der Waals surface area contributed by atoms with Gasteiger partial charge in [-0.25, -0.2) is 4.98 Å². The van der Waals surface area contributed by atoms with Crippen molar-refractivity contribution in [3.8, 4) is 0 Å². The fourth-order valence-electron chi connectivity index (χ4n) is 3.41. The topological polar surface area (TPSA) is 17.3 Å². The third-order valence-corrected chi connectivity index (χ3v) is 4.48. The van der Waals surface area contributed by atoms with Crippen LogP contribution < -0.4 is 4.90 Å². The zero-order chi connectivity index (χ0) is 10.4. The average Bonchev–Trinajstić information content (AvgIpc) is 2.75. The zero-order valence-electron chi connectivity index (χ0n) is 8.91. The maximum Gasteiger partial charge on any atom is 0.129 e. The molecule has 0 spiro atoms. The molecule has 1 aromatic heterocycles. The van der Waals surface area contributed by atoms with Gasteiger partial charge in [0.25, 0.3) is 0 Å². The molecule has 0 saturated carbocycles. The quantitative estimate of drug-likeness (QED) is 0.710. The predicted octanol–water partition coefficient (Wildman–Crippen LogP) is 1.27. The molecule has 4 unspecified atom stereocenters. The van der Waals surface area contributed by atoms with Gasteiger partial charge in [-0.1, -0.05) is 17.7 Å². The Balaban J connectivity index is 1.87. The molecule has 3 heterocycles. The van der Waals surface area contributed by atoms with Gasteiger partial charge >= 0.3 is 0 Å². The summed E-state index contributed by atoms with van der Waals surface area (Å²) in [7, 11) is 2.34. The Morgan fingerprint density at radius 1 is 1.40 bits per heavy atom. The Labute approximate surface area is 95.3 Å². The van der Waals surface area contributed by atoms with Gasteiger partial charge in [-0.2, -0.15) is 0 Å². The number of halogens is 1. The maximum atomic E-state index is 5.81. The predicted molar refractivity (Wildman–Crippen MR) is 60.3 cm³/mol. The molecule has 1 N–H and O–H groups in total. The number of likely N-dealkylation sites (N-methyl/N-ethyl adjacent to an activating group) is 1. The molecular formula is C12H16ClN2+. The van der Waals surface area contributed by atoms with E-state index in [2.05, 4.69) is 18.1 Å². The number of nitrogens with one attached hydrogen (secondary N) is 1. The van der Waals surface area contributed by atoms with E-state index in [1.165, 1.54) is 24.8 Å². The highest BCUT2D eigenvalue weighted by molar-refractivity contribution is 6.29. The monoisotopic (exact) mass is 223 g/mol. The number of pyridine rings is 1. The van der Waals surface area contributed by atoms with E-state index in [9.17, 15) is 0 Å². The Bertz CT molecular complexity index is 362. The van der Waals surface area contributed by atoms with Gasteiger partial charge < -0.3 is 4.90 Å². The molecule has 0 radical (unpaired) electrons. The molecule has 2 fully saturated rings. The van der Waals surface area contributed by atoms with E-state index in [1.54, 1.807) is 4.90 Å². The van der Waals surface area contributed by atoms with Gasteiger partial charge in [0.2, 0.25) is 0 Å². The van der Waals surface area contributed by atoms with Gasteiger partial charge in [-0.15, -0.1) is 0 Å². The number of rotatable bonds is 1. The molecule has 0 aromatic carbocycles. The van der Waals surface area contributed by atoms with Crippen LogP contribution in [-0.2, 0) is 0 Å². The summed E-state index contributed by atoms with van der Waals surface area (Å²) in [6.45, 7) is 0. The Kier molecular flexibility index (Phi) is 2.22. The number of hydrogen-bond donors (Lipinski definition) is 1. The highest BCUT2D eigenvalue weighted by Crippen LogP contribution is 2.36. The molecule has 2 aliphatic heterocycles. The minimum absolute atomic E-state index is 0.600. The first kappa shape index (κ1) is 9.61. The van der Waals surface area contributed by atoms with E-state index in [-0.39, 0.29) is 0 Å². The third-order valence-electron chi connectivity index (χ3n) is 4.26. The van der Waals surface area contributed by atoms with Crippen LogP contribution in [0.5, 0.6) is 0 Å². The minimum Gasteiger partial charge on any atom is -0.332 e. The molecule has 1 aromatic rings. The van der Waals surface area contributed by atoms with Crippen molar-refractivity contribution in [3.63, 3.8) is 0 Å². The van der Waals surface area contributed by atoms with E-state index in [0.717, 1.165) is 12.1 Å². The Morgan fingerprint density at radius 3 is 2.80 bits per heavy atom. The van der Waals surface area contributed by atoms with Gasteiger partial charge in [0.15, 0.2) is 0 Å². The van der Waals surface area contributed by atoms with Crippen molar-refractivity contribution in [1.82, 2.24) is 4.98 Å². The highest BCUT2D eigenvalue weighted by atomic mass is 35.5. The smallest absolute Gasteiger partial charge is 0.129 e. The molecule has 0 amide bonds. The number of aromatic nitrogens is 1. The summed E-state index contributed by atoms with van der Waals surface area (Å²) in [6, 6.07) is 5.76. The van der Waals surface area contributed by atoms with Gasteiger partial charge in [0, 0.05) is 31.4 Å². The molecule has 15 heavy (non-hydrogen) atoms. The largest absolute Gasteiger partial charge is 0.332 e. The van der Waals surface area contributed by atoms with Crippen molar-refractivity contribution in [3.05, 3.63) is 29.0 Å². The number of fused-ring (bicyclic) bond motifs is 2. The van der Waals surface area contributed by atoms with Crippen molar-refractivity contribution < 1.29 is 4.90 Å². The van der Waals surface area contributed by atoms with Crippen LogP contribution in [0.2, 0.25) is 5.15 Å². The van der Waals surface area contributed by atoms with Gasteiger partial charge in [0.1, 0.15) is 5.15 Å². The first-order chi connectivity index (χ1) is 7.25. The van der Waals surface area contributed by atoms with E-state index in [1.807, 2.05) is 12.3 Å². The molecule has 3 heteroatoms. The molecule has 80 valence electrons. The Hall–Kier alpha value is -0.600. The van der Waals surface area contributed by atoms with E-state index in [0.29, 0.717) is 11.1 Å². The minimum atomic E-state index is 0.600. The fraction of sp³-hybridized carbons (Fsp3) is 0.583. The second kappa shape index (κ2) is 3.46. The molecule has 2 aliphatic rings. The number of quaternary nitrogens is 1. The van der Waals surface area contributed by atoms with Crippen molar-refractivity contribution in [2.24, 2.45) is 0 Å². The van der Waals surface area contributed by atoms with Crippen molar-refractivity contribution >= 4 is 11.6 Å². The lowest BCUT2D eigenvalue weighted by molar-refractivity contribution is -0.903. The lowest BCUT2D eigenvalue weighted by Gasteiger charge is -2.18. The summed E-state index contributed by atoms with van der Waals surface area (Å²) in [4.78, 5) is 5.92. The number of nitrogens with zero attached hydrogens (tertiary/aromatic N) is 1. The van der Waals surface area contributed by atoms with Crippen LogP contribution in [-0.4, -0.2) is 24.1 Å². The number of hydrogen-bond acceptors (Lipinski definition) is 1. The summed E-state index contributed by atoms with van der Waals surface area (Å²) in [6.07, 6.45) is 6.08. The lowest BCUT2D eigenvalue weighted by atomic mass is 9.85. The van der Waals surface area contributed by atoms with Crippen LogP contribution in [0.25, 0.3) is 0 Å². The second-order valence-corrected chi connectivity index (χ2v) is 5.27. The van der Waals surface area contributed by atoms with Crippen molar-refractivity contribution in [2.45, 2.75) is 37.3 Å². The van der Waals surface area contributed by atoms with Crippen LogP contribution in [0.1, 0.15) is 30.7 Å². The van der Waals surface area contributed by atoms with Gasteiger partial charge in [-0.05, 0) is 11.6 Å². The van der Waals surface area contributed by atoms with Crippen LogP contribution in [0.3, 0.4) is 0 Å². The average molecular weight is 224 g/mol. The molecule has 0 aliphatic carbocycles. The molecular weight excluding hydrogens is 208 g/mol. The van der Waals surface area contributed by atoms with Crippen LogP contribution in [0, 0.1) is 0 Å². The van der Waals surface area contributed by atoms with E-state index in [4.69, 9.17) is 11.6 Å². The summed E-state index contributed by atoms with van der Waals surface area (Å²) in [5, 5.41) is 0.600. The van der Waals surface area contributed by atoms with E-state index < -0.39 is 0 Å². The van der Waals surface area contributed by atoms with Crippen molar-refractivity contribution in [1.29, 1.82) is 0 Å². The molecule has 2 nitrogen and oxygen atoms in total. The first-order valence-corrected chi connectivity index (χ1v) is 6.08. The van der Waals surface area contributed by atoms with Crippen molar-refractivity contribution in [2.75, 3.05) is 7.05 Å². The second-order valence-electron chi connectivity index (χ2n) is 4.88. The van der Waals surface area contributed by atoms with Gasteiger partial charge in [0.05, 0.1) is 19.1 Å². The van der Waals surface area contributed by atoms with Gasteiger partial charge in [-0.3, -0.25) is 0 Å². The molecule has 2 bridgehead atoms. The highest BCUT2D eigenvalue weighted by Gasteiger charge is 2.48. The Morgan fingerprint density at radius 2 is 2.27 bits per heavy atom. The SMILES string of the molecule is C[NH+]1C2CCC1C(c1ccc(Cl)nc1)C2. The maximum absolute atomic E-state index is 5.81. The van der Waals surface area contributed by atoms with E-state index >= 15 is 0 Å². The summed E-state index contributed by atoms with van der Waals surface area (Å²) >= 11 is 5.81.